The Bertz CT molecular complexity index is 950. The second-order valence-corrected chi connectivity index (χ2v) is 6.40. The molecule has 1 aliphatic carbocycles. The molecule has 0 atom stereocenters. The van der Waals surface area contributed by atoms with Gasteiger partial charge in [0.1, 0.15) is 12.4 Å². The van der Waals surface area contributed by atoms with Gasteiger partial charge in [0.15, 0.2) is 0 Å². The van der Waals surface area contributed by atoms with Gasteiger partial charge in [-0.25, -0.2) is 0 Å². The summed E-state index contributed by atoms with van der Waals surface area (Å²) < 4.78 is 47.7. The number of halogens is 3. The van der Waals surface area contributed by atoms with Crippen LogP contribution in [-0.4, -0.2) is 20.3 Å². The van der Waals surface area contributed by atoms with Gasteiger partial charge < -0.3 is 9.26 Å². The number of hydrogen-bond donors (Lipinski definition) is 0. The van der Waals surface area contributed by atoms with Gasteiger partial charge in [-0.2, -0.15) is 28.4 Å². The van der Waals surface area contributed by atoms with Crippen LogP contribution in [0.4, 0.5) is 13.2 Å². The summed E-state index contributed by atoms with van der Waals surface area (Å²) in [7, 11) is 0. The summed E-state index contributed by atoms with van der Waals surface area (Å²) in [6.45, 7) is 2.23. The van der Waals surface area contributed by atoms with Gasteiger partial charge in [-0.1, -0.05) is 5.16 Å². The fraction of sp³-hybridized carbons (Fsp3) is 0.333. The Labute approximate surface area is 152 Å². The van der Waals surface area contributed by atoms with E-state index in [0.717, 1.165) is 29.8 Å². The molecule has 0 unspecified atom stereocenters. The molecule has 0 bridgehead atoms. The molecule has 2 heterocycles. The highest BCUT2D eigenvalue weighted by atomic mass is 19.4. The van der Waals surface area contributed by atoms with Crippen molar-refractivity contribution in [2.45, 2.75) is 38.5 Å². The molecule has 1 aromatic carbocycles. The first kappa shape index (κ1) is 17.4. The number of alkyl halides is 3. The average Bonchev–Trinajstić information content (AvgIpc) is 3.34. The van der Waals surface area contributed by atoms with E-state index >= 15 is 0 Å². The number of aryl methyl sites for hydroxylation is 1. The Kier molecular flexibility index (Phi) is 4.29. The van der Waals surface area contributed by atoms with Gasteiger partial charge in [0.05, 0.1) is 11.4 Å². The lowest BCUT2D eigenvalue weighted by Crippen LogP contribution is -2.05. The zero-order chi connectivity index (χ0) is 19.0. The molecule has 0 radical (unpaired) electrons. The largest absolute Gasteiger partial charge is 0.489 e. The smallest absolute Gasteiger partial charge is 0.471 e. The van der Waals surface area contributed by atoms with Crippen LogP contribution in [0.3, 0.4) is 0 Å². The van der Waals surface area contributed by atoms with Crippen molar-refractivity contribution in [3.63, 3.8) is 0 Å². The molecular weight excluding hydrogens is 361 g/mol. The molecule has 9 heteroatoms. The van der Waals surface area contributed by atoms with Crippen molar-refractivity contribution in [3.05, 3.63) is 53.2 Å². The lowest BCUT2D eigenvalue weighted by atomic mass is 10.1. The molecule has 0 spiro atoms. The molecule has 2 aromatic heterocycles. The number of aromatic nitrogens is 4. The minimum atomic E-state index is -4.66. The van der Waals surface area contributed by atoms with E-state index in [-0.39, 0.29) is 5.82 Å². The average molecular weight is 376 g/mol. The Balaban J connectivity index is 1.46. The Morgan fingerprint density at radius 3 is 2.52 bits per heavy atom. The van der Waals surface area contributed by atoms with E-state index in [1.54, 1.807) is 24.3 Å². The van der Waals surface area contributed by atoms with E-state index in [9.17, 15) is 13.2 Å². The fourth-order valence-corrected chi connectivity index (χ4v) is 2.69. The van der Waals surface area contributed by atoms with Crippen molar-refractivity contribution in [2.24, 2.45) is 0 Å². The van der Waals surface area contributed by atoms with Crippen molar-refractivity contribution in [2.75, 3.05) is 0 Å². The summed E-state index contributed by atoms with van der Waals surface area (Å²) in [5, 5.41) is 11.8. The van der Waals surface area contributed by atoms with Crippen LogP contribution >= 0.6 is 0 Å². The van der Waals surface area contributed by atoms with Crippen molar-refractivity contribution in [1.29, 1.82) is 0 Å². The predicted molar refractivity (Wildman–Crippen MR) is 87.8 cm³/mol. The summed E-state index contributed by atoms with van der Waals surface area (Å²) in [6.07, 6.45) is -2.43. The van der Waals surface area contributed by atoms with Crippen molar-refractivity contribution in [3.8, 4) is 17.1 Å². The third kappa shape index (κ3) is 3.91. The number of ether oxygens (including phenoxy) is 1. The zero-order valence-electron chi connectivity index (χ0n) is 14.3. The summed E-state index contributed by atoms with van der Waals surface area (Å²) >= 11 is 0. The third-order valence-electron chi connectivity index (χ3n) is 4.17. The highest BCUT2D eigenvalue weighted by molar-refractivity contribution is 5.55. The molecule has 1 saturated carbocycles. The standard InChI is InChI=1S/C18H15F3N4O2/c1-10-8-13(15(24-23-10)11-2-3-11)9-26-14-6-4-12(5-7-14)16-22-17(27-25-16)18(19,20)21/h4-8,11H,2-3,9H2,1H3. The molecule has 27 heavy (non-hydrogen) atoms. The maximum atomic E-state index is 12.5. The van der Waals surface area contributed by atoms with Crippen LogP contribution < -0.4 is 4.74 Å². The Morgan fingerprint density at radius 1 is 1.15 bits per heavy atom. The molecule has 0 aliphatic heterocycles. The number of nitrogens with zero attached hydrogens (tertiary/aromatic N) is 4. The van der Waals surface area contributed by atoms with Crippen molar-refractivity contribution in [1.82, 2.24) is 20.3 Å². The van der Waals surface area contributed by atoms with Crippen molar-refractivity contribution < 1.29 is 22.4 Å². The van der Waals surface area contributed by atoms with Crippen molar-refractivity contribution >= 4 is 0 Å². The van der Waals surface area contributed by atoms with Crippen LogP contribution in [0.5, 0.6) is 5.75 Å². The minimum Gasteiger partial charge on any atom is -0.489 e. The highest BCUT2D eigenvalue weighted by Gasteiger charge is 2.38. The summed E-state index contributed by atoms with van der Waals surface area (Å²) in [5.41, 5.74) is 3.21. The van der Waals surface area contributed by atoms with Crippen LogP contribution in [0.25, 0.3) is 11.4 Å². The lowest BCUT2D eigenvalue weighted by molar-refractivity contribution is -0.159. The molecule has 0 saturated heterocycles. The minimum absolute atomic E-state index is 0.126. The molecule has 6 nitrogen and oxygen atoms in total. The predicted octanol–water partition coefficient (Wildman–Crippen LogP) is 4.31. The quantitative estimate of drug-likeness (QED) is 0.661. The van der Waals surface area contributed by atoms with E-state index in [2.05, 4.69) is 24.9 Å². The van der Waals surface area contributed by atoms with E-state index in [1.165, 1.54) is 0 Å². The molecule has 0 N–H and O–H groups in total. The van der Waals surface area contributed by atoms with E-state index in [0.29, 0.717) is 23.8 Å². The van der Waals surface area contributed by atoms with Crippen LogP contribution in [-0.2, 0) is 12.8 Å². The van der Waals surface area contributed by atoms with Crippen LogP contribution in [0.2, 0.25) is 0 Å². The van der Waals surface area contributed by atoms with E-state index < -0.39 is 12.1 Å². The Hall–Kier alpha value is -2.97. The van der Waals surface area contributed by atoms with Gasteiger partial charge >= 0.3 is 12.1 Å². The van der Waals surface area contributed by atoms with Crippen LogP contribution in [0.15, 0.2) is 34.9 Å². The molecular formula is C18H15F3N4O2. The van der Waals surface area contributed by atoms with E-state index in [4.69, 9.17) is 4.74 Å². The molecule has 140 valence electrons. The number of benzene rings is 1. The first-order valence-electron chi connectivity index (χ1n) is 8.37. The second kappa shape index (κ2) is 6.64. The summed E-state index contributed by atoms with van der Waals surface area (Å²) in [4.78, 5) is 3.36. The SMILES string of the molecule is Cc1cc(COc2ccc(-c3noc(C(F)(F)F)n3)cc2)c(C2CC2)nn1. The first-order chi connectivity index (χ1) is 12.9. The van der Waals surface area contributed by atoms with Crippen LogP contribution in [0.1, 0.15) is 41.6 Å². The van der Waals surface area contributed by atoms with Gasteiger partial charge in [-0.3, -0.25) is 0 Å². The summed E-state index contributed by atoms with van der Waals surface area (Å²) in [5.74, 6) is -0.459. The number of rotatable bonds is 5. The van der Waals surface area contributed by atoms with Gasteiger partial charge in [-0.05, 0) is 50.1 Å². The topological polar surface area (TPSA) is 73.9 Å². The normalized spacial score (nSPS) is 14.4. The van der Waals surface area contributed by atoms with Gasteiger partial charge in [0, 0.05) is 17.0 Å². The maximum absolute atomic E-state index is 12.5. The maximum Gasteiger partial charge on any atom is 0.471 e. The Morgan fingerprint density at radius 2 is 1.89 bits per heavy atom. The van der Waals surface area contributed by atoms with Gasteiger partial charge in [0.25, 0.3) is 0 Å². The molecule has 0 amide bonds. The number of hydrogen-bond acceptors (Lipinski definition) is 6. The highest BCUT2D eigenvalue weighted by Crippen LogP contribution is 2.40. The third-order valence-corrected chi connectivity index (χ3v) is 4.17. The van der Waals surface area contributed by atoms with Gasteiger partial charge in [0.2, 0.25) is 5.82 Å². The zero-order valence-corrected chi connectivity index (χ0v) is 14.3. The molecule has 3 aromatic rings. The summed E-state index contributed by atoms with van der Waals surface area (Å²) in [6, 6.07) is 8.43. The molecule has 1 fully saturated rings. The monoisotopic (exact) mass is 376 g/mol. The van der Waals surface area contributed by atoms with Crippen LogP contribution in [0, 0.1) is 6.92 Å². The lowest BCUT2D eigenvalue weighted by Gasteiger charge is -2.10. The van der Waals surface area contributed by atoms with Gasteiger partial charge in [-0.15, -0.1) is 0 Å². The molecule has 1 aliphatic rings. The fourth-order valence-electron chi connectivity index (χ4n) is 2.69. The second-order valence-electron chi connectivity index (χ2n) is 6.40. The van der Waals surface area contributed by atoms with E-state index in [1.807, 2.05) is 13.0 Å². The molecule has 4 rings (SSSR count). The first-order valence-corrected chi connectivity index (χ1v) is 8.37.